The Morgan fingerprint density at radius 3 is 1.22 bits per heavy atom. The van der Waals surface area contributed by atoms with E-state index in [1.165, 1.54) is 93.5 Å². The first-order chi connectivity index (χ1) is 40.5. The Morgan fingerprint density at radius 2 is 0.824 bits per heavy atom. The Hall–Kier alpha value is -11.0. The van der Waals surface area contributed by atoms with Gasteiger partial charge in [0.2, 0.25) is 0 Å². The summed E-state index contributed by atoms with van der Waals surface area (Å²) >= 11 is 0. The highest BCUT2D eigenvalue weighted by Crippen LogP contribution is 2.40. The smallest absolute Gasteiger partial charge is 0.497 e. The van der Waals surface area contributed by atoms with Crippen molar-refractivity contribution in [2.24, 2.45) is 0 Å². The molecule has 0 saturated heterocycles. The predicted molar refractivity (Wildman–Crippen MR) is 297 cm³/mol. The van der Waals surface area contributed by atoms with Crippen molar-refractivity contribution in [2.75, 3.05) is 36.8 Å². The Labute approximate surface area is 477 Å². The van der Waals surface area contributed by atoms with Crippen LogP contribution in [-0.2, 0) is 0 Å². The third-order valence-electron chi connectivity index (χ3n) is 11.6. The molecule has 17 nitrogen and oxygen atoms in total. The number of carbonyl (C=O) groups is 3. The summed E-state index contributed by atoms with van der Waals surface area (Å²) in [5, 5.41) is 35.4. The van der Waals surface area contributed by atoms with E-state index >= 15 is 0 Å². The molecule has 9 aromatic rings. The number of aromatic nitrogens is 3. The first kappa shape index (κ1) is 61.6. The molecule has 0 fully saturated rings. The second-order valence-electron chi connectivity index (χ2n) is 17.2. The first-order valence-electron chi connectivity index (χ1n) is 24.7. The van der Waals surface area contributed by atoms with E-state index in [0.29, 0.717) is 51.7 Å². The average Bonchev–Trinajstić information content (AvgIpc) is 3.65. The van der Waals surface area contributed by atoms with Crippen molar-refractivity contribution < 1.29 is 88.5 Å². The standard InChI is InChI=1S/C21H17F3N2O4.C20H15F3N2O4.C19H14F2N2O3/c1-2-29-15-6-3-5-13(11-15)14-8-9-17(18(12-14)30-21(22,23)24)26-19-16(20(27)28)7-4-10-25-19;1-28-14-5-2-4-12(10-14)13-7-8-16(17(11-13)29-20(21,22)23)25-18-15(19(26)27)6-3-9-24-18;1-26-12-5-2-4-11(8-12)14-9-16(21)17(10-15(14)20)23-18-13(19(24)25)6-3-7-22-18/h3-12H,2H2,1H3,(H,25,26)(H,27,28);2-11H,1H3,(H,24,25)(H,26,27);2-10H,1H3,(H,22,23)(H,24,25). The van der Waals surface area contributed by atoms with Crippen LogP contribution in [0.1, 0.15) is 38.0 Å². The summed E-state index contributed by atoms with van der Waals surface area (Å²) in [6, 6.07) is 38.7. The molecule has 6 N–H and O–H groups in total. The van der Waals surface area contributed by atoms with Gasteiger partial charge in [-0.25, -0.2) is 38.1 Å². The van der Waals surface area contributed by atoms with E-state index in [0.717, 1.165) is 12.1 Å². The van der Waals surface area contributed by atoms with E-state index in [1.807, 2.05) is 6.92 Å². The number of benzene rings is 6. The van der Waals surface area contributed by atoms with Gasteiger partial charge in [-0.05, 0) is 138 Å². The summed E-state index contributed by atoms with van der Waals surface area (Å²) in [5.41, 5.74) is 1.76. The number of hydrogen-bond donors (Lipinski definition) is 6. The minimum absolute atomic E-state index is 0.0615. The van der Waals surface area contributed by atoms with Crippen LogP contribution in [0.3, 0.4) is 0 Å². The van der Waals surface area contributed by atoms with E-state index < -0.39 is 53.8 Å². The lowest BCUT2D eigenvalue weighted by Crippen LogP contribution is -2.18. The van der Waals surface area contributed by atoms with Crippen molar-refractivity contribution >= 4 is 52.4 Å². The van der Waals surface area contributed by atoms with E-state index in [9.17, 15) is 59.7 Å². The Kier molecular flexibility index (Phi) is 20.1. The molecule has 25 heteroatoms. The Morgan fingerprint density at radius 1 is 0.447 bits per heavy atom. The number of nitrogens with zero attached hydrogens (tertiary/aromatic N) is 3. The first-order valence-corrected chi connectivity index (χ1v) is 24.7. The highest BCUT2D eigenvalue weighted by molar-refractivity contribution is 5.96. The second kappa shape index (κ2) is 27.7. The summed E-state index contributed by atoms with van der Waals surface area (Å²) in [6.45, 7) is 2.27. The quantitative estimate of drug-likeness (QED) is 0.0438. The SMILES string of the molecule is CCOc1cccc(-c2ccc(Nc3ncccc3C(=O)O)c(OC(F)(F)F)c2)c1.COc1cccc(-c2cc(F)c(Nc3ncccc3C(=O)O)cc2F)c1.COc1cccc(-c2ccc(Nc3ncccc3C(=O)O)c(OC(F)(F)F)c2)c1. The molecular weight excluding hydrogens is 1130 g/mol. The van der Waals surface area contributed by atoms with Gasteiger partial charge in [0.05, 0.1) is 37.9 Å². The highest BCUT2D eigenvalue weighted by atomic mass is 19.4. The van der Waals surface area contributed by atoms with Crippen molar-refractivity contribution in [3.8, 4) is 62.1 Å². The van der Waals surface area contributed by atoms with Gasteiger partial charge in [-0.1, -0.05) is 48.5 Å². The lowest BCUT2D eigenvalue weighted by Gasteiger charge is -2.17. The molecule has 438 valence electrons. The highest BCUT2D eigenvalue weighted by Gasteiger charge is 2.34. The third-order valence-corrected chi connectivity index (χ3v) is 11.6. The van der Waals surface area contributed by atoms with Gasteiger partial charge in [0.1, 0.15) is 63.0 Å². The van der Waals surface area contributed by atoms with Gasteiger partial charge in [-0.3, -0.25) is 0 Å². The minimum atomic E-state index is -4.94. The van der Waals surface area contributed by atoms with Crippen LogP contribution in [0.25, 0.3) is 33.4 Å². The van der Waals surface area contributed by atoms with Gasteiger partial charge in [0, 0.05) is 30.2 Å². The number of nitrogens with one attached hydrogen (secondary N) is 3. The number of methoxy groups -OCH3 is 2. The number of anilines is 6. The summed E-state index contributed by atoms with van der Waals surface area (Å²) in [5.74, 6) is -4.89. The van der Waals surface area contributed by atoms with Gasteiger partial charge in [-0.15, -0.1) is 26.3 Å². The molecule has 6 aromatic carbocycles. The fraction of sp³-hybridized carbons (Fsp3) is 0.100. The zero-order valence-corrected chi connectivity index (χ0v) is 44.4. The van der Waals surface area contributed by atoms with Gasteiger partial charge >= 0.3 is 30.6 Å². The van der Waals surface area contributed by atoms with E-state index in [4.69, 9.17) is 19.3 Å². The molecule has 0 aliphatic rings. The number of halogens is 8. The summed E-state index contributed by atoms with van der Waals surface area (Å²) in [4.78, 5) is 45.5. The van der Waals surface area contributed by atoms with Gasteiger partial charge in [-0.2, -0.15) is 0 Å². The lowest BCUT2D eigenvalue weighted by molar-refractivity contribution is -0.275. The number of ether oxygens (including phenoxy) is 5. The molecule has 9 rings (SSSR count). The van der Waals surface area contributed by atoms with Crippen molar-refractivity contribution in [1.82, 2.24) is 15.0 Å². The molecule has 0 saturated carbocycles. The maximum Gasteiger partial charge on any atom is 0.573 e. The zero-order valence-electron chi connectivity index (χ0n) is 44.4. The molecule has 0 spiro atoms. The van der Waals surface area contributed by atoms with E-state index in [-0.39, 0.29) is 56.8 Å². The normalized spacial score (nSPS) is 10.9. The van der Waals surface area contributed by atoms with Crippen LogP contribution in [0.5, 0.6) is 28.7 Å². The Bertz CT molecular complexity index is 3850. The number of aromatic carboxylic acids is 3. The van der Waals surface area contributed by atoms with Crippen LogP contribution < -0.4 is 39.6 Å². The Balaban J connectivity index is 0.000000183. The van der Waals surface area contributed by atoms with Crippen LogP contribution in [0.4, 0.5) is 69.6 Å². The monoisotopic (exact) mass is 1180 g/mol. The number of pyridine rings is 3. The molecule has 0 unspecified atom stereocenters. The average molecular weight is 1180 g/mol. The lowest BCUT2D eigenvalue weighted by atomic mass is 10.0. The maximum absolute atomic E-state index is 14.5. The van der Waals surface area contributed by atoms with Crippen molar-refractivity contribution in [3.05, 3.63) is 205 Å². The minimum Gasteiger partial charge on any atom is -0.497 e. The van der Waals surface area contributed by atoms with Crippen molar-refractivity contribution in [3.63, 3.8) is 0 Å². The summed E-state index contributed by atoms with van der Waals surface area (Å²) < 4.78 is 131. The van der Waals surface area contributed by atoms with Crippen LogP contribution in [0.2, 0.25) is 0 Å². The summed E-state index contributed by atoms with van der Waals surface area (Å²) in [7, 11) is 2.97. The van der Waals surface area contributed by atoms with E-state index in [2.05, 4.69) is 40.4 Å². The molecule has 0 aliphatic heterocycles. The molecule has 0 radical (unpaired) electrons. The van der Waals surface area contributed by atoms with Crippen LogP contribution >= 0.6 is 0 Å². The molecular formula is C60H46F8N6O11. The number of carboxylic acid groups (broad SMARTS) is 3. The number of hydrogen-bond acceptors (Lipinski definition) is 14. The van der Waals surface area contributed by atoms with Crippen molar-refractivity contribution in [2.45, 2.75) is 19.6 Å². The fourth-order valence-electron chi connectivity index (χ4n) is 7.83. The van der Waals surface area contributed by atoms with Crippen molar-refractivity contribution in [1.29, 1.82) is 0 Å². The van der Waals surface area contributed by atoms with Crippen LogP contribution in [-0.4, -0.2) is 81.7 Å². The van der Waals surface area contributed by atoms with Crippen LogP contribution in [0.15, 0.2) is 176 Å². The maximum atomic E-state index is 14.5. The fourth-order valence-corrected chi connectivity index (χ4v) is 7.83. The molecule has 85 heavy (non-hydrogen) atoms. The van der Waals surface area contributed by atoms with Gasteiger partial charge < -0.3 is 55.0 Å². The molecule has 0 aliphatic carbocycles. The molecule has 3 heterocycles. The third kappa shape index (κ3) is 17.0. The second-order valence-corrected chi connectivity index (χ2v) is 17.2. The number of rotatable bonds is 18. The van der Waals surface area contributed by atoms with Crippen LogP contribution in [0, 0.1) is 11.6 Å². The largest absolute Gasteiger partial charge is 0.573 e. The zero-order chi connectivity index (χ0) is 61.4. The molecule has 0 bridgehead atoms. The number of carboxylic acids is 3. The topological polar surface area (TPSA) is 233 Å². The molecule has 0 atom stereocenters. The molecule has 0 amide bonds. The molecule has 3 aromatic heterocycles. The predicted octanol–water partition coefficient (Wildman–Crippen LogP) is 15.1. The van der Waals surface area contributed by atoms with E-state index in [1.54, 1.807) is 84.9 Å². The summed E-state index contributed by atoms with van der Waals surface area (Å²) in [6.07, 6.45) is -5.88. The van der Waals surface area contributed by atoms with Gasteiger partial charge in [0.25, 0.3) is 0 Å². The number of alkyl halides is 6. The van der Waals surface area contributed by atoms with Gasteiger partial charge in [0.15, 0.2) is 11.5 Å².